The molecule has 0 aliphatic heterocycles. The maximum Gasteiger partial charge on any atom is 0.432 e. The molecule has 28 heavy (non-hydrogen) atoms. The molecule has 0 radical (unpaired) electrons. The van der Waals surface area contributed by atoms with E-state index in [1.807, 2.05) is 0 Å². The second kappa shape index (κ2) is 7.20. The van der Waals surface area contributed by atoms with Crippen molar-refractivity contribution in [2.24, 2.45) is 0 Å². The fourth-order valence-electron chi connectivity index (χ4n) is 1.20. The zero-order valence-corrected chi connectivity index (χ0v) is 14.0. The number of sulfonamides is 1. The Morgan fingerprint density at radius 3 is 1.57 bits per heavy atom. The number of nitrogens with one attached hydrogen (secondary N) is 1. The minimum atomic E-state index is -7.44. The normalized spacial score (nSPS) is 14.0. The van der Waals surface area contributed by atoms with Crippen molar-refractivity contribution in [2.45, 2.75) is 29.0 Å². The molecule has 8 nitrogen and oxygen atoms in total. The van der Waals surface area contributed by atoms with Crippen molar-refractivity contribution in [1.29, 1.82) is 0 Å². The summed E-state index contributed by atoms with van der Waals surface area (Å²) in [5.41, 5.74) is -2.73. The number of rotatable bonds is 7. The summed E-state index contributed by atoms with van der Waals surface area (Å²) in [5, 5.41) is -14.3. The van der Waals surface area contributed by atoms with Crippen molar-refractivity contribution in [1.82, 2.24) is 4.72 Å². The van der Waals surface area contributed by atoms with Crippen molar-refractivity contribution in [2.75, 3.05) is 0 Å². The van der Waals surface area contributed by atoms with Crippen molar-refractivity contribution >= 4 is 25.8 Å². The predicted octanol–water partition coefficient (Wildman–Crippen LogP) is 1.91. The molecular formula is C9H3F9N3O5S2-. The van der Waals surface area contributed by atoms with Gasteiger partial charge in [-0.25, -0.2) is 13.1 Å². The Kier molecular flexibility index (Phi) is 6.58. The highest BCUT2D eigenvalue weighted by molar-refractivity contribution is 7.95. The summed E-state index contributed by atoms with van der Waals surface area (Å²) in [6.45, 7) is 12.2. The highest BCUT2D eigenvalue weighted by atomic mass is 32.2. The van der Waals surface area contributed by atoms with E-state index in [-0.39, 0.29) is 4.72 Å². The first kappa shape index (κ1) is 25.6. The van der Waals surface area contributed by atoms with Crippen LogP contribution in [0.25, 0.3) is 9.69 Å². The van der Waals surface area contributed by atoms with E-state index in [1.165, 1.54) is 0 Å². The molecule has 160 valence electrons. The smallest absolute Gasteiger partial charge is 0.363 e. The first-order valence-corrected chi connectivity index (χ1v) is 8.71. The van der Waals surface area contributed by atoms with Gasteiger partial charge < -0.3 is 9.69 Å². The molecule has 0 aliphatic carbocycles. The molecule has 0 fully saturated rings. The van der Waals surface area contributed by atoms with Crippen LogP contribution in [0.4, 0.5) is 39.5 Å². The lowest BCUT2D eigenvalue weighted by atomic mass is 10.3. The van der Waals surface area contributed by atoms with E-state index in [1.54, 1.807) is 9.69 Å². The molecule has 0 aromatic carbocycles. The molecule has 1 N–H and O–H groups in total. The van der Waals surface area contributed by atoms with Crippen LogP contribution in [0.15, 0.2) is 0 Å². The third kappa shape index (κ3) is 4.19. The van der Waals surface area contributed by atoms with Gasteiger partial charge in [0, 0.05) is 0 Å². The van der Waals surface area contributed by atoms with Crippen LogP contribution in [0, 0.1) is 18.6 Å². The molecule has 0 unspecified atom stereocenters. The van der Waals surface area contributed by atoms with Crippen LogP contribution in [-0.4, -0.2) is 45.4 Å². The van der Waals surface area contributed by atoms with Gasteiger partial charge in [0.05, 0.1) is 0 Å². The third-order valence-electron chi connectivity index (χ3n) is 2.45. The van der Waals surface area contributed by atoms with Crippen LogP contribution in [0.1, 0.15) is 6.42 Å². The molecule has 0 rings (SSSR count). The summed E-state index contributed by atoms with van der Waals surface area (Å²) in [4.78, 5) is 13.9. The molecule has 0 saturated heterocycles. The molecule has 0 bridgehead atoms. The van der Waals surface area contributed by atoms with Gasteiger partial charge in [-0.05, 0) is 0 Å². The van der Waals surface area contributed by atoms with Crippen LogP contribution in [0.2, 0.25) is 0 Å². The first-order chi connectivity index (χ1) is 12.1. The van der Waals surface area contributed by atoms with Crippen LogP contribution in [0.3, 0.4) is 0 Å². The molecular weight excluding hydrogens is 465 g/mol. The molecule has 0 spiro atoms. The third-order valence-corrected chi connectivity index (χ3v) is 5.47. The number of halogens is 9. The van der Waals surface area contributed by atoms with Gasteiger partial charge in [-0.3, -0.25) is 17.9 Å². The van der Waals surface area contributed by atoms with Gasteiger partial charge in [0.15, 0.2) is 0 Å². The first-order valence-electron chi connectivity index (χ1n) is 5.74. The lowest BCUT2D eigenvalue weighted by molar-refractivity contribution is -0.243. The molecule has 0 atom stereocenters. The number of alkyl halides is 9. The van der Waals surface area contributed by atoms with Crippen LogP contribution >= 0.6 is 0 Å². The van der Waals surface area contributed by atoms with Crippen molar-refractivity contribution in [3.8, 4) is 0 Å². The number of carbonyl (C=O) groups is 1. The van der Waals surface area contributed by atoms with Crippen molar-refractivity contribution < 1.29 is 61.1 Å². The van der Waals surface area contributed by atoms with E-state index in [0.717, 1.165) is 0 Å². The van der Waals surface area contributed by atoms with E-state index in [2.05, 4.69) is 0 Å². The van der Waals surface area contributed by atoms with E-state index >= 15 is 0 Å². The van der Waals surface area contributed by atoms with Gasteiger partial charge in [0.25, 0.3) is 9.84 Å². The van der Waals surface area contributed by atoms with Crippen molar-refractivity contribution in [3.63, 3.8) is 0 Å². The van der Waals surface area contributed by atoms with Gasteiger partial charge in [0.2, 0.25) is 5.91 Å². The molecule has 0 aromatic rings. The Morgan fingerprint density at radius 2 is 1.25 bits per heavy atom. The standard InChI is InChI=1S/C9H3F9N3O5S2/c1-19-5(20-2)27(23,24)8(15,16)7(13,14)9(17,18)28(25,26)21-4(22)3-6(10,11)12/h3H2,(H,21,22)/q-1. The second-order valence-corrected chi connectivity index (χ2v) is 8.05. The number of nitrogens with zero attached hydrogens (tertiary/aromatic N) is 2. The topological polar surface area (TPSA) is 106 Å². The molecule has 0 heterocycles. The van der Waals surface area contributed by atoms with Gasteiger partial charge in [-0.1, -0.05) is 0 Å². The number of amides is 1. The van der Waals surface area contributed by atoms with E-state index in [0.29, 0.717) is 0 Å². The fraction of sp³-hybridized carbons (Fsp3) is 0.556. The summed E-state index contributed by atoms with van der Waals surface area (Å²) in [7, 11) is -14.5. The summed E-state index contributed by atoms with van der Waals surface area (Å²) < 4.78 is 161. The van der Waals surface area contributed by atoms with E-state index < -0.39 is 60.3 Å². The molecule has 0 aromatic heterocycles. The highest BCUT2D eigenvalue weighted by Gasteiger charge is 2.82. The molecule has 1 amide bonds. The predicted molar refractivity (Wildman–Crippen MR) is 67.9 cm³/mol. The van der Waals surface area contributed by atoms with E-state index in [9.17, 15) is 61.1 Å². The fourth-order valence-corrected chi connectivity index (χ4v) is 3.16. The van der Waals surface area contributed by atoms with Crippen molar-refractivity contribution in [3.05, 3.63) is 28.3 Å². The summed E-state index contributed by atoms with van der Waals surface area (Å²) in [6, 6.07) is 0. The highest BCUT2D eigenvalue weighted by Crippen LogP contribution is 2.52. The zero-order chi connectivity index (χ0) is 23.0. The Labute approximate surface area is 149 Å². The van der Waals surface area contributed by atoms with Gasteiger partial charge in [-0.2, -0.15) is 47.9 Å². The second-order valence-electron chi connectivity index (χ2n) is 4.44. The number of hydrogen-bond acceptors (Lipinski definition) is 5. The SMILES string of the molecule is [C-]#[N+][C-]([N+]#[C-])S(=O)(=O)C(F)(F)C(F)(F)C(F)(F)S(=O)(=O)NC(=O)CC(F)(F)F. The lowest BCUT2D eigenvalue weighted by Crippen LogP contribution is -2.63. The lowest BCUT2D eigenvalue weighted by Gasteiger charge is -2.32. The molecule has 19 heteroatoms. The quantitative estimate of drug-likeness (QED) is 0.454. The molecule has 0 saturated carbocycles. The Balaban J connectivity index is 6.29. The Morgan fingerprint density at radius 1 is 0.857 bits per heavy atom. The van der Waals surface area contributed by atoms with Crippen LogP contribution < -0.4 is 4.72 Å². The minimum Gasteiger partial charge on any atom is -0.363 e. The largest absolute Gasteiger partial charge is 0.432 e. The van der Waals surface area contributed by atoms with Crippen LogP contribution in [-0.2, 0) is 24.7 Å². The van der Waals surface area contributed by atoms with E-state index in [4.69, 9.17) is 13.1 Å². The number of sulfone groups is 1. The molecule has 0 aliphatic rings. The van der Waals surface area contributed by atoms with Gasteiger partial charge in [-0.15, -0.1) is 0 Å². The maximum atomic E-state index is 13.6. The summed E-state index contributed by atoms with van der Waals surface area (Å²) in [5.74, 6) is -10.3. The summed E-state index contributed by atoms with van der Waals surface area (Å²) in [6.07, 6.45) is -8.31. The van der Waals surface area contributed by atoms with Gasteiger partial charge in [0.1, 0.15) is 6.42 Å². The number of carbonyl (C=O) groups excluding carboxylic acids is 1. The monoisotopic (exact) mass is 468 g/mol. The average molecular weight is 468 g/mol. The Bertz CT molecular complexity index is 914. The Hall–Kier alpha value is -2.41. The minimum absolute atomic E-state index is 0.233. The number of hydrogen-bond donors (Lipinski definition) is 1. The maximum absolute atomic E-state index is 13.6. The summed E-state index contributed by atoms with van der Waals surface area (Å²) >= 11 is 0. The average Bonchev–Trinajstić information content (AvgIpc) is 2.44. The zero-order valence-electron chi connectivity index (χ0n) is 12.4. The van der Waals surface area contributed by atoms with Crippen LogP contribution in [0.5, 0.6) is 0 Å². The van der Waals surface area contributed by atoms with Gasteiger partial charge >= 0.3 is 38.1 Å².